The molecule has 7 heteroatoms. The molecule has 22 heavy (non-hydrogen) atoms. The lowest BCUT2D eigenvalue weighted by Crippen LogP contribution is -2.12. The van der Waals surface area contributed by atoms with Crippen LogP contribution in [0, 0.1) is 0 Å². The number of benzene rings is 1. The standard InChI is InChI=1S/C15H20N4O2S/c1-19-14(8-7-13(16)20)17-18-15(19)22-10-9-11-3-5-12(21-2)6-4-11/h3-6H,7-10H2,1-2H3,(H2,16,20). The Morgan fingerprint density at radius 2 is 2.00 bits per heavy atom. The molecule has 0 saturated carbocycles. The molecule has 0 fully saturated rings. The van der Waals surface area contributed by atoms with E-state index in [0.717, 1.165) is 28.9 Å². The SMILES string of the molecule is COc1ccc(CCSc2nnc(CCC(N)=O)n2C)cc1. The minimum atomic E-state index is -0.322. The van der Waals surface area contributed by atoms with Crippen molar-refractivity contribution in [2.24, 2.45) is 12.8 Å². The predicted octanol–water partition coefficient (Wildman–Crippen LogP) is 1.58. The van der Waals surface area contributed by atoms with Crippen LogP contribution in [0.2, 0.25) is 0 Å². The first kappa shape index (κ1) is 16.4. The lowest BCUT2D eigenvalue weighted by Gasteiger charge is -2.04. The van der Waals surface area contributed by atoms with Gasteiger partial charge in [0.1, 0.15) is 11.6 Å². The largest absolute Gasteiger partial charge is 0.497 e. The van der Waals surface area contributed by atoms with Crippen molar-refractivity contribution < 1.29 is 9.53 Å². The van der Waals surface area contributed by atoms with Gasteiger partial charge in [-0.25, -0.2) is 0 Å². The van der Waals surface area contributed by atoms with E-state index >= 15 is 0 Å². The zero-order valence-corrected chi connectivity index (χ0v) is 13.6. The number of primary amides is 1. The number of ether oxygens (including phenoxy) is 1. The van der Waals surface area contributed by atoms with Gasteiger partial charge in [-0.15, -0.1) is 10.2 Å². The maximum Gasteiger partial charge on any atom is 0.217 e. The van der Waals surface area contributed by atoms with E-state index in [1.807, 2.05) is 23.7 Å². The molecule has 2 aromatic rings. The number of nitrogens with zero attached hydrogens (tertiary/aromatic N) is 3. The first-order valence-corrected chi connectivity index (χ1v) is 8.01. The van der Waals surface area contributed by atoms with Crippen molar-refractivity contribution in [2.45, 2.75) is 24.4 Å². The second-order valence-electron chi connectivity index (χ2n) is 4.87. The lowest BCUT2D eigenvalue weighted by molar-refractivity contribution is -0.118. The number of carbonyl (C=O) groups is 1. The second kappa shape index (κ2) is 7.84. The van der Waals surface area contributed by atoms with Crippen molar-refractivity contribution in [1.82, 2.24) is 14.8 Å². The topological polar surface area (TPSA) is 83.0 Å². The first-order valence-electron chi connectivity index (χ1n) is 7.02. The van der Waals surface area contributed by atoms with Crippen molar-refractivity contribution in [3.05, 3.63) is 35.7 Å². The number of hydrogen-bond donors (Lipinski definition) is 1. The quantitative estimate of drug-likeness (QED) is 0.747. The van der Waals surface area contributed by atoms with Crippen LogP contribution in [0.4, 0.5) is 0 Å². The molecule has 2 N–H and O–H groups in total. The molecule has 1 aromatic carbocycles. The molecule has 118 valence electrons. The van der Waals surface area contributed by atoms with Crippen LogP contribution in [0.1, 0.15) is 17.8 Å². The Morgan fingerprint density at radius 1 is 1.27 bits per heavy atom. The van der Waals surface area contributed by atoms with Crippen LogP contribution in [-0.2, 0) is 24.7 Å². The summed E-state index contributed by atoms with van der Waals surface area (Å²) in [6, 6.07) is 8.05. The van der Waals surface area contributed by atoms with Gasteiger partial charge in [0.2, 0.25) is 5.91 Å². The first-order chi connectivity index (χ1) is 10.6. The van der Waals surface area contributed by atoms with Gasteiger partial charge < -0.3 is 15.0 Å². The molecule has 0 aliphatic heterocycles. The zero-order chi connectivity index (χ0) is 15.9. The molecule has 0 unspecified atom stereocenters. The number of amides is 1. The van der Waals surface area contributed by atoms with E-state index in [0.29, 0.717) is 12.8 Å². The molecule has 0 spiro atoms. The summed E-state index contributed by atoms with van der Waals surface area (Å²) in [5.74, 6) is 2.24. The van der Waals surface area contributed by atoms with Gasteiger partial charge in [-0.2, -0.15) is 0 Å². The van der Waals surface area contributed by atoms with Crippen LogP contribution in [0.15, 0.2) is 29.4 Å². The molecule has 0 aliphatic rings. The van der Waals surface area contributed by atoms with E-state index in [9.17, 15) is 4.79 Å². The Kier molecular flexibility index (Phi) is 5.83. The Balaban J connectivity index is 1.84. The van der Waals surface area contributed by atoms with Gasteiger partial charge >= 0.3 is 0 Å². The molecular weight excluding hydrogens is 300 g/mol. The van der Waals surface area contributed by atoms with E-state index < -0.39 is 0 Å². The van der Waals surface area contributed by atoms with Gasteiger partial charge in [-0.3, -0.25) is 4.79 Å². The fraction of sp³-hybridized carbons (Fsp3) is 0.400. The average molecular weight is 320 g/mol. The molecular formula is C15H20N4O2S. The number of hydrogen-bond acceptors (Lipinski definition) is 5. The van der Waals surface area contributed by atoms with Crippen LogP contribution < -0.4 is 10.5 Å². The van der Waals surface area contributed by atoms with E-state index in [-0.39, 0.29) is 5.91 Å². The summed E-state index contributed by atoms with van der Waals surface area (Å²) in [6.07, 6.45) is 1.76. The van der Waals surface area contributed by atoms with Crippen LogP contribution in [0.25, 0.3) is 0 Å². The summed E-state index contributed by atoms with van der Waals surface area (Å²) in [5.41, 5.74) is 6.41. The molecule has 0 aliphatic carbocycles. The van der Waals surface area contributed by atoms with E-state index in [1.165, 1.54) is 5.56 Å². The number of nitrogens with two attached hydrogens (primary N) is 1. The fourth-order valence-corrected chi connectivity index (χ4v) is 2.89. The van der Waals surface area contributed by atoms with Gasteiger partial charge in [-0.05, 0) is 24.1 Å². The number of rotatable bonds is 8. The third-order valence-electron chi connectivity index (χ3n) is 3.30. The Labute approximate surface area is 134 Å². The van der Waals surface area contributed by atoms with Gasteiger partial charge in [0, 0.05) is 25.6 Å². The minimum Gasteiger partial charge on any atom is -0.497 e. The van der Waals surface area contributed by atoms with Gasteiger partial charge in [0.05, 0.1) is 7.11 Å². The molecule has 0 bridgehead atoms. The fourth-order valence-electron chi connectivity index (χ4n) is 1.98. The Morgan fingerprint density at radius 3 is 2.64 bits per heavy atom. The Hall–Kier alpha value is -2.02. The normalized spacial score (nSPS) is 10.6. The van der Waals surface area contributed by atoms with E-state index in [2.05, 4.69) is 22.3 Å². The van der Waals surface area contributed by atoms with Crippen molar-refractivity contribution >= 4 is 17.7 Å². The maximum absolute atomic E-state index is 10.8. The third kappa shape index (κ3) is 4.49. The van der Waals surface area contributed by atoms with Crippen molar-refractivity contribution in [2.75, 3.05) is 12.9 Å². The summed E-state index contributed by atoms with van der Waals surface area (Å²) >= 11 is 1.65. The molecule has 1 heterocycles. The zero-order valence-electron chi connectivity index (χ0n) is 12.8. The number of thioether (sulfide) groups is 1. The summed E-state index contributed by atoms with van der Waals surface area (Å²) < 4.78 is 7.06. The number of aryl methyl sites for hydroxylation is 2. The Bertz CT molecular complexity index is 625. The smallest absolute Gasteiger partial charge is 0.217 e. The van der Waals surface area contributed by atoms with E-state index in [4.69, 9.17) is 10.5 Å². The van der Waals surface area contributed by atoms with Crippen LogP contribution in [0.5, 0.6) is 5.75 Å². The summed E-state index contributed by atoms with van der Waals surface area (Å²) in [5, 5.41) is 9.11. The van der Waals surface area contributed by atoms with Gasteiger partial charge in [-0.1, -0.05) is 23.9 Å². The monoisotopic (exact) mass is 320 g/mol. The maximum atomic E-state index is 10.8. The highest BCUT2D eigenvalue weighted by molar-refractivity contribution is 7.99. The van der Waals surface area contributed by atoms with Gasteiger partial charge in [0.25, 0.3) is 0 Å². The van der Waals surface area contributed by atoms with Crippen molar-refractivity contribution in [1.29, 1.82) is 0 Å². The number of carbonyl (C=O) groups excluding carboxylic acids is 1. The van der Waals surface area contributed by atoms with Crippen LogP contribution in [0.3, 0.4) is 0 Å². The summed E-state index contributed by atoms with van der Waals surface area (Å²) in [6.45, 7) is 0. The van der Waals surface area contributed by atoms with Crippen molar-refractivity contribution in [3.63, 3.8) is 0 Å². The average Bonchev–Trinajstić information content (AvgIpc) is 2.86. The van der Waals surface area contributed by atoms with Crippen LogP contribution >= 0.6 is 11.8 Å². The van der Waals surface area contributed by atoms with Crippen molar-refractivity contribution in [3.8, 4) is 5.75 Å². The second-order valence-corrected chi connectivity index (χ2v) is 5.93. The van der Waals surface area contributed by atoms with Crippen LogP contribution in [-0.4, -0.2) is 33.5 Å². The summed E-state index contributed by atoms with van der Waals surface area (Å²) in [4.78, 5) is 10.8. The molecule has 0 saturated heterocycles. The molecule has 1 aromatic heterocycles. The number of aromatic nitrogens is 3. The lowest BCUT2D eigenvalue weighted by atomic mass is 10.2. The van der Waals surface area contributed by atoms with Gasteiger partial charge in [0.15, 0.2) is 5.16 Å². The third-order valence-corrected chi connectivity index (χ3v) is 4.32. The molecule has 0 atom stereocenters. The molecule has 6 nitrogen and oxygen atoms in total. The van der Waals surface area contributed by atoms with E-state index in [1.54, 1.807) is 18.9 Å². The minimum absolute atomic E-state index is 0.294. The molecule has 0 radical (unpaired) electrons. The highest BCUT2D eigenvalue weighted by Crippen LogP contribution is 2.19. The highest BCUT2D eigenvalue weighted by Gasteiger charge is 2.10. The number of methoxy groups -OCH3 is 1. The molecule has 1 amide bonds. The predicted molar refractivity (Wildman–Crippen MR) is 85.9 cm³/mol. The highest BCUT2D eigenvalue weighted by atomic mass is 32.2. The summed E-state index contributed by atoms with van der Waals surface area (Å²) in [7, 11) is 3.57. The molecule has 2 rings (SSSR count).